The van der Waals surface area contributed by atoms with Crippen molar-refractivity contribution in [3.63, 3.8) is 0 Å². The molecule has 1 atom stereocenters. The second kappa shape index (κ2) is 7.11. The first-order valence-corrected chi connectivity index (χ1v) is 7.45. The number of nitrogens with one attached hydrogen (secondary N) is 1. The number of hydrogen-bond donors (Lipinski definition) is 1. The molecule has 0 unspecified atom stereocenters. The summed E-state index contributed by atoms with van der Waals surface area (Å²) in [6.45, 7) is 6.08. The van der Waals surface area contributed by atoms with E-state index in [9.17, 15) is 9.59 Å². The highest BCUT2D eigenvalue weighted by atomic mass is 16.5. The number of esters is 1. The van der Waals surface area contributed by atoms with Crippen molar-refractivity contribution in [1.82, 2.24) is 5.32 Å². The van der Waals surface area contributed by atoms with Gasteiger partial charge < -0.3 is 14.5 Å². The normalized spacial score (nSPS) is 12.1. The summed E-state index contributed by atoms with van der Waals surface area (Å²) in [5.74, 6) is -0.717. The van der Waals surface area contributed by atoms with Crippen molar-refractivity contribution in [2.45, 2.75) is 39.7 Å². The number of ether oxygens (including phenoxy) is 1. The molecule has 5 nitrogen and oxygen atoms in total. The first-order chi connectivity index (χ1) is 10.5. The molecule has 5 heteroatoms. The number of carbonyl (C=O) groups is 2. The fraction of sp³-hybridized carbons (Fsp3) is 0.412. The minimum Gasteiger partial charge on any atom is -0.464 e. The van der Waals surface area contributed by atoms with Crippen LogP contribution in [0.25, 0.3) is 11.0 Å². The van der Waals surface area contributed by atoms with E-state index in [-0.39, 0.29) is 12.3 Å². The summed E-state index contributed by atoms with van der Waals surface area (Å²) < 4.78 is 10.6. The Morgan fingerprint density at radius 1 is 1.36 bits per heavy atom. The quantitative estimate of drug-likeness (QED) is 0.833. The van der Waals surface area contributed by atoms with Gasteiger partial charge in [-0.3, -0.25) is 9.59 Å². The maximum Gasteiger partial charge on any atom is 0.311 e. The monoisotopic (exact) mass is 303 g/mol. The SMILES string of the molecule is CCCNC(=O)[C@@H](C)OC(=O)Cc1coc2cc(C)ccc12. The van der Waals surface area contributed by atoms with E-state index in [1.165, 1.54) is 0 Å². The van der Waals surface area contributed by atoms with Crippen molar-refractivity contribution in [3.8, 4) is 0 Å². The maximum absolute atomic E-state index is 12.0. The molecule has 2 aromatic rings. The molecule has 0 saturated carbocycles. The van der Waals surface area contributed by atoms with Crippen molar-refractivity contribution < 1.29 is 18.7 Å². The highest BCUT2D eigenvalue weighted by molar-refractivity contribution is 5.88. The minimum atomic E-state index is -0.792. The first-order valence-electron chi connectivity index (χ1n) is 7.45. The Bertz CT molecular complexity index is 674. The molecule has 22 heavy (non-hydrogen) atoms. The molecule has 0 aliphatic heterocycles. The summed E-state index contributed by atoms with van der Waals surface area (Å²) in [7, 11) is 0. The van der Waals surface area contributed by atoms with Crippen LogP contribution in [0.4, 0.5) is 0 Å². The summed E-state index contributed by atoms with van der Waals surface area (Å²) in [4.78, 5) is 23.6. The molecule has 1 amide bonds. The number of amides is 1. The van der Waals surface area contributed by atoms with E-state index in [0.29, 0.717) is 6.54 Å². The maximum atomic E-state index is 12.0. The van der Waals surface area contributed by atoms with Gasteiger partial charge in [-0.15, -0.1) is 0 Å². The third-order valence-corrected chi connectivity index (χ3v) is 3.37. The second-order valence-electron chi connectivity index (χ2n) is 5.36. The highest BCUT2D eigenvalue weighted by Gasteiger charge is 2.18. The van der Waals surface area contributed by atoms with E-state index in [2.05, 4.69) is 5.32 Å². The van der Waals surface area contributed by atoms with E-state index >= 15 is 0 Å². The predicted molar refractivity (Wildman–Crippen MR) is 83.5 cm³/mol. The number of aryl methyl sites for hydroxylation is 1. The van der Waals surface area contributed by atoms with Crippen LogP contribution in [0.3, 0.4) is 0 Å². The molecule has 0 bridgehead atoms. The summed E-state index contributed by atoms with van der Waals surface area (Å²) in [6.07, 6.45) is 1.70. The van der Waals surface area contributed by atoms with Gasteiger partial charge in [0.2, 0.25) is 0 Å². The van der Waals surface area contributed by atoms with Crippen LogP contribution in [-0.2, 0) is 20.7 Å². The summed E-state index contributed by atoms with van der Waals surface area (Å²) in [5.41, 5.74) is 2.61. The molecule has 0 radical (unpaired) electrons. The van der Waals surface area contributed by atoms with E-state index in [0.717, 1.165) is 28.5 Å². The molecule has 1 heterocycles. The largest absolute Gasteiger partial charge is 0.464 e. The molecule has 1 aromatic carbocycles. The van der Waals surface area contributed by atoms with Crippen LogP contribution >= 0.6 is 0 Å². The molecule has 0 fully saturated rings. The second-order valence-corrected chi connectivity index (χ2v) is 5.36. The van der Waals surface area contributed by atoms with Crippen LogP contribution in [0.5, 0.6) is 0 Å². The Kier molecular flexibility index (Phi) is 5.20. The predicted octanol–water partition coefficient (Wildman–Crippen LogP) is 2.74. The lowest BCUT2D eigenvalue weighted by molar-refractivity contribution is -0.154. The Labute approximate surface area is 129 Å². The van der Waals surface area contributed by atoms with Crippen molar-refractivity contribution in [2.75, 3.05) is 6.54 Å². The Morgan fingerprint density at radius 2 is 2.14 bits per heavy atom. The zero-order valence-corrected chi connectivity index (χ0v) is 13.1. The van der Waals surface area contributed by atoms with Gasteiger partial charge in [0.05, 0.1) is 12.7 Å². The summed E-state index contributed by atoms with van der Waals surface area (Å²) in [6, 6.07) is 5.81. The van der Waals surface area contributed by atoms with E-state index in [1.54, 1.807) is 13.2 Å². The lowest BCUT2D eigenvalue weighted by Gasteiger charge is -2.12. The minimum absolute atomic E-state index is 0.0848. The molecular formula is C17H21NO4. The number of hydrogen-bond acceptors (Lipinski definition) is 4. The van der Waals surface area contributed by atoms with Crippen LogP contribution in [0, 0.1) is 6.92 Å². The number of furan rings is 1. The van der Waals surface area contributed by atoms with Crippen LogP contribution < -0.4 is 5.32 Å². The molecule has 0 aliphatic carbocycles. The number of benzene rings is 1. The van der Waals surface area contributed by atoms with Gasteiger partial charge >= 0.3 is 5.97 Å². The number of fused-ring (bicyclic) bond motifs is 1. The zero-order valence-electron chi connectivity index (χ0n) is 13.1. The van der Waals surface area contributed by atoms with Crippen LogP contribution in [0.1, 0.15) is 31.4 Å². The van der Waals surface area contributed by atoms with Gasteiger partial charge in [0, 0.05) is 17.5 Å². The average molecular weight is 303 g/mol. The van der Waals surface area contributed by atoms with Gasteiger partial charge in [-0.05, 0) is 31.9 Å². The van der Waals surface area contributed by atoms with E-state index < -0.39 is 12.1 Å². The topological polar surface area (TPSA) is 68.5 Å². The molecule has 1 N–H and O–H groups in total. The van der Waals surface area contributed by atoms with E-state index in [1.807, 2.05) is 32.0 Å². The highest BCUT2D eigenvalue weighted by Crippen LogP contribution is 2.23. The van der Waals surface area contributed by atoms with Crippen LogP contribution in [0.15, 0.2) is 28.9 Å². The van der Waals surface area contributed by atoms with Gasteiger partial charge in [0.1, 0.15) is 5.58 Å². The lowest BCUT2D eigenvalue weighted by Crippen LogP contribution is -2.36. The summed E-state index contributed by atoms with van der Waals surface area (Å²) >= 11 is 0. The van der Waals surface area contributed by atoms with Gasteiger partial charge in [-0.2, -0.15) is 0 Å². The molecule has 0 spiro atoms. The fourth-order valence-electron chi connectivity index (χ4n) is 2.17. The molecule has 1 aromatic heterocycles. The Hall–Kier alpha value is -2.30. The van der Waals surface area contributed by atoms with Gasteiger partial charge in [-0.1, -0.05) is 19.1 Å². The standard InChI is InChI=1S/C17H21NO4/c1-4-7-18-17(20)12(3)22-16(19)9-13-10-21-15-8-11(2)5-6-14(13)15/h5-6,8,10,12H,4,7,9H2,1-3H3,(H,18,20)/t12-/m1/s1. The smallest absolute Gasteiger partial charge is 0.311 e. The van der Waals surface area contributed by atoms with Gasteiger partial charge in [-0.25, -0.2) is 0 Å². The van der Waals surface area contributed by atoms with Crippen molar-refractivity contribution in [3.05, 3.63) is 35.6 Å². The molecule has 118 valence electrons. The fourth-order valence-corrected chi connectivity index (χ4v) is 2.17. The van der Waals surface area contributed by atoms with Crippen molar-refractivity contribution in [2.24, 2.45) is 0 Å². The third kappa shape index (κ3) is 3.87. The average Bonchev–Trinajstić information content (AvgIpc) is 2.86. The molecule has 2 rings (SSSR count). The van der Waals surface area contributed by atoms with Crippen molar-refractivity contribution in [1.29, 1.82) is 0 Å². The third-order valence-electron chi connectivity index (χ3n) is 3.37. The molecule has 0 aliphatic rings. The first kappa shape index (κ1) is 16.1. The Morgan fingerprint density at radius 3 is 2.86 bits per heavy atom. The summed E-state index contributed by atoms with van der Waals surface area (Å²) in [5, 5.41) is 3.59. The Balaban J connectivity index is 1.97. The van der Waals surface area contributed by atoms with Gasteiger partial charge in [0.15, 0.2) is 6.10 Å². The van der Waals surface area contributed by atoms with Crippen molar-refractivity contribution >= 4 is 22.8 Å². The lowest BCUT2D eigenvalue weighted by atomic mass is 10.1. The number of carbonyl (C=O) groups excluding carboxylic acids is 2. The van der Waals surface area contributed by atoms with E-state index in [4.69, 9.17) is 9.15 Å². The molecule has 0 saturated heterocycles. The zero-order chi connectivity index (χ0) is 16.1. The van der Waals surface area contributed by atoms with Gasteiger partial charge in [0.25, 0.3) is 5.91 Å². The van der Waals surface area contributed by atoms with Crippen LogP contribution in [-0.4, -0.2) is 24.5 Å². The number of rotatable bonds is 6. The molecular weight excluding hydrogens is 282 g/mol. The van der Waals surface area contributed by atoms with Crippen LogP contribution in [0.2, 0.25) is 0 Å².